The first-order valence-electron chi connectivity index (χ1n) is 7.36. The summed E-state index contributed by atoms with van der Waals surface area (Å²) >= 11 is 1.74. The molecule has 0 bridgehead atoms. The van der Waals surface area contributed by atoms with Crippen LogP contribution in [0.3, 0.4) is 0 Å². The quantitative estimate of drug-likeness (QED) is 0.944. The molecule has 2 N–H and O–H groups in total. The summed E-state index contributed by atoms with van der Waals surface area (Å²) in [5, 5.41) is 5.46. The van der Waals surface area contributed by atoms with E-state index in [-0.39, 0.29) is 0 Å². The summed E-state index contributed by atoms with van der Waals surface area (Å²) in [5.74, 6) is 2.43. The van der Waals surface area contributed by atoms with Crippen molar-refractivity contribution in [2.45, 2.75) is 46.0 Å². The number of rotatable bonds is 3. The summed E-state index contributed by atoms with van der Waals surface area (Å²) in [5.41, 5.74) is 8.84. The maximum atomic E-state index is 6.27. The van der Waals surface area contributed by atoms with Crippen molar-refractivity contribution in [3.8, 4) is 11.4 Å². The van der Waals surface area contributed by atoms with E-state index in [1.807, 2.05) is 11.7 Å². The second kappa shape index (κ2) is 5.20. The van der Waals surface area contributed by atoms with Crippen molar-refractivity contribution < 1.29 is 0 Å². The van der Waals surface area contributed by atoms with E-state index in [0.717, 1.165) is 35.1 Å². The van der Waals surface area contributed by atoms with Gasteiger partial charge in [-0.2, -0.15) is 5.10 Å². The van der Waals surface area contributed by atoms with Gasteiger partial charge >= 0.3 is 0 Å². The van der Waals surface area contributed by atoms with Gasteiger partial charge in [0.1, 0.15) is 0 Å². The van der Waals surface area contributed by atoms with E-state index in [2.05, 4.69) is 18.9 Å². The second-order valence-corrected chi connectivity index (χ2v) is 7.16. The molecule has 0 amide bonds. The molecular formula is C15H22N4S. The van der Waals surface area contributed by atoms with Crippen LogP contribution in [0.5, 0.6) is 0 Å². The summed E-state index contributed by atoms with van der Waals surface area (Å²) in [6, 6.07) is 0. The monoisotopic (exact) mass is 290 g/mol. The Bertz CT molecular complexity index is 624. The van der Waals surface area contributed by atoms with Gasteiger partial charge in [0.2, 0.25) is 0 Å². The van der Waals surface area contributed by atoms with Crippen molar-refractivity contribution in [1.82, 2.24) is 14.8 Å². The minimum atomic E-state index is 0.569. The van der Waals surface area contributed by atoms with Crippen LogP contribution < -0.4 is 5.73 Å². The van der Waals surface area contributed by atoms with E-state index >= 15 is 0 Å². The highest BCUT2D eigenvalue weighted by Gasteiger charge is 2.24. The summed E-state index contributed by atoms with van der Waals surface area (Å²) < 4.78 is 1.89. The Labute approximate surface area is 124 Å². The number of nitrogen functional groups attached to an aromatic ring is 1. The summed E-state index contributed by atoms with van der Waals surface area (Å²) in [6.45, 7) is 4.38. The molecule has 3 rings (SSSR count). The summed E-state index contributed by atoms with van der Waals surface area (Å²) in [4.78, 5) is 6.20. The first-order chi connectivity index (χ1) is 9.56. The molecule has 0 unspecified atom stereocenters. The third-order valence-electron chi connectivity index (χ3n) is 3.82. The van der Waals surface area contributed by atoms with E-state index in [0.29, 0.717) is 5.92 Å². The van der Waals surface area contributed by atoms with E-state index in [1.54, 1.807) is 11.3 Å². The highest BCUT2D eigenvalue weighted by atomic mass is 32.1. The lowest BCUT2D eigenvalue weighted by atomic mass is 9.95. The number of thiophene rings is 1. The van der Waals surface area contributed by atoms with Crippen LogP contribution >= 0.6 is 11.3 Å². The van der Waals surface area contributed by atoms with Crippen molar-refractivity contribution in [2.75, 3.05) is 5.73 Å². The minimum absolute atomic E-state index is 0.569. The highest BCUT2D eigenvalue weighted by molar-refractivity contribution is 7.16. The fourth-order valence-electron chi connectivity index (χ4n) is 2.94. The maximum Gasteiger partial charge on any atom is 0.161 e. The number of hydrogen-bond donors (Lipinski definition) is 1. The Morgan fingerprint density at radius 3 is 2.80 bits per heavy atom. The van der Waals surface area contributed by atoms with Crippen molar-refractivity contribution in [1.29, 1.82) is 0 Å². The number of fused-ring (bicyclic) bond motifs is 1. The topological polar surface area (TPSA) is 56.7 Å². The molecule has 0 saturated carbocycles. The summed E-state index contributed by atoms with van der Waals surface area (Å²) in [6.07, 6.45) is 5.75. The predicted octanol–water partition coefficient (Wildman–Crippen LogP) is 3.20. The van der Waals surface area contributed by atoms with Crippen molar-refractivity contribution in [3.05, 3.63) is 16.3 Å². The third-order valence-corrected chi connectivity index (χ3v) is 4.94. The van der Waals surface area contributed by atoms with Gasteiger partial charge in [0.15, 0.2) is 11.6 Å². The van der Waals surface area contributed by atoms with Crippen LogP contribution in [0.25, 0.3) is 11.4 Å². The molecular weight excluding hydrogens is 268 g/mol. The molecule has 0 radical (unpaired) electrons. The smallest absolute Gasteiger partial charge is 0.161 e. The fraction of sp³-hybridized carbons (Fsp3) is 0.600. The van der Waals surface area contributed by atoms with Crippen LogP contribution in [0.2, 0.25) is 0 Å². The Morgan fingerprint density at radius 1 is 1.30 bits per heavy atom. The van der Waals surface area contributed by atoms with Crippen molar-refractivity contribution >= 4 is 16.3 Å². The van der Waals surface area contributed by atoms with Crippen LogP contribution in [0, 0.1) is 5.92 Å². The first kappa shape index (κ1) is 13.6. The molecule has 4 nitrogen and oxygen atoms in total. The van der Waals surface area contributed by atoms with Gasteiger partial charge in [-0.3, -0.25) is 0 Å². The van der Waals surface area contributed by atoms with Crippen LogP contribution in [0.4, 0.5) is 5.00 Å². The van der Waals surface area contributed by atoms with Crippen molar-refractivity contribution in [2.24, 2.45) is 13.0 Å². The normalized spacial score (nSPS) is 14.8. The lowest BCUT2D eigenvalue weighted by Crippen LogP contribution is -2.02. The lowest BCUT2D eigenvalue weighted by molar-refractivity contribution is 0.613. The standard InChI is InChI=1S/C15H22N4S/c1-9(2)8-12-17-15(19(3)18-12)13-10-6-4-5-7-11(10)20-14(13)16/h9H,4-8,16H2,1-3H3. The molecule has 108 valence electrons. The van der Waals surface area contributed by atoms with Gasteiger partial charge in [-0.05, 0) is 37.2 Å². The van der Waals surface area contributed by atoms with Crippen LogP contribution in [-0.2, 0) is 26.3 Å². The summed E-state index contributed by atoms with van der Waals surface area (Å²) in [7, 11) is 1.97. The van der Waals surface area contributed by atoms with Gasteiger partial charge in [0.25, 0.3) is 0 Å². The van der Waals surface area contributed by atoms with Gasteiger partial charge in [-0.15, -0.1) is 11.3 Å². The molecule has 1 aliphatic carbocycles. The molecule has 0 aromatic carbocycles. The molecule has 5 heteroatoms. The van der Waals surface area contributed by atoms with Gasteiger partial charge < -0.3 is 5.73 Å². The molecule has 2 aromatic rings. The van der Waals surface area contributed by atoms with Gasteiger partial charge in [0, 0.05) is 18.3 Å². The zero-order chi connectivity index (χ0) is 14.3. The first-order valence-corrected chi connectivity index (χ1v) is 8.18. The SMILES string of the molecule is CC(C)Cc1nc(-c2c(N)sc3c2CCCC3)n(C)n1. The third kappa shape index (κ3) is 2.35. The molecule has 0 fully saturated rings. The van der Waals surface area contributed by atoms with E-state index in [9.17, 15) is 0 Å². The Morgan fingerprint density at radius 2 is 2.05 bits per heavy atom. The maximum absolute atomic E-state index is 6.27. The zero-order valence-corrected chi connectivity index (χ0v) is 13.3. The Balaban J connectivity index is 2.05. The zero-order valence-electron chi connectivity index (χ0n) is 12.4. The number of hydrogen-bond acceptors (Lipinski definition) is 4. The van der Waals surface area contributed by atoms with Crippen LogP contribution in [0.15, 0.2) is 0 Å². The molecule has 1 aliphatic rings. The molecule has 2 aromatic heterocycles. The van der Waals surface area contributed by atoms with Crippen LogP contribution in [-0.4, -0.2) is 14.8 Å². The predicted molar refractivity (Wildman–Crippen MR) is 83.9 cm³/mol. The van der Waals surface area contributed by atoms with E-state index in [1.165, 1.54) is 29.7 Å². The number of aromatic nitrogens is 3. The molecule has 2 heterocycles. The number of nitrogens with zero attached hydrogens (tertiary/aromatic N) is 3. The molecule has 0 aliphatic heterocycles. The average molecular weight is 290 g/mol. The van der Waals surface area contributed by atoms with Crippen LogP contribution in [0.1, 0.15) is 43.0 Å². The molecule has 0 spiro atoms. The van der Waals surface area contributed by atoms with E-state index in [4.69, 9.17) is 10.7 Å². The molecule has 0 saturated heterocycles. The second-order valence-electron chi connectivity index (χ2n) is 6.02. The fourth-order valence-corrected chi connectivity index (χ4v) is 4.09. The Kier molecular flexibility index (Phi) is 3.54. The number of aryl methyl sites for hydroxylation is 2. The molecule has 20 heavy (non-hydrogen) atoms. The number of nitrogens with two attached hydrogens (primary N) is 1. The van der Waals surface area contributed by atoms with Gasteiger partial charge in [0.05, 0.1) is 10.6 Å². The van der Waals surface area contributed by atoms with Crippen molar-refractivity contribution in [3.63, 3.8) is 0 Å². The average Bonchev–Trinajstić information content (AvgIpc) is 2.87. The number of anilines is 1. The largest absolute Gasteiger partial charge is 0.390 e. The molecule has 0 atom stereocenters. The highest BCUT2D eigenvalue weighted by Crippen LogP contribution is 2.41. The Hall–Kier alpha value is -1.36. The van der Waals surface area contributed by atoms with Gasteiger partial charge in [-0.25, -0.2) is 9.67 Å². The van der Waals surface area contributed by atoms with Gasteiger partial charge in [-0.1, -0.05) is 13.8 Å². The lowest BCUT2D eigenvalue weighted by Gasteiger charge is -2.12. The van der Waals surface area contributed by atoms with E-state index < -0.39 is 0 Å². The minimum Gasteiger partial charge on any atom is -0.390 e.